The molecule has 4 nitrogen and oxygen atoms in total. The number of piperidine rings is 1. The van der Waals surface area contributed by atoms with Gasteiger partial charge >= 0.3 is 0 Å². The van der Waals surface area contributed by atoms with Gasteiger partial charge in [-0.05, 0) is 26.2 Å². The van der Waals surface area contributed by atoms with Crippen molar-refractivity contribution in [1.29, 1.82) is 0 Å². The molecular weight excluding hydrogens is 190 g/mol. The predicted octanol–water partition coefficient (Wildman–Crippen LogP) is 1.67. The van der Waals surface area contributed by atoms with Crippen LogP contribution < -0.4 is 4.90 Å². The van der Waals surface area contributed by atoms with Crippen LogP contribution in [0.2, 0.25) is 0 Å². The van der Waals surface area contributed by atoms with Crippen molar-refractivity contribution in [3.8, 4) is 0 Å². The minimum atomic E-state index is 0.501. The number of hydrogen-bond donors (Lipinski definition) is 0. The fraction of sp³-hybridized carbons (Fsp3) is 0.545. The first-order valence-electron chi connectivity index (χ1n) is 5.35. The molecule has 1 aliphatic heterocycles. The van der Waals surface area contributed by atoms with Crippen LogP contribution in [0.25, 0.3) is 0 Å². The third-order valence-electron chi connectivity index (χ3n) is 2.85. The number of nitrogens with zero attached hydrogens (tertiary/aromatic N) is 3. The van der Waals surface area contributed by atoms with Crippen molar-refractivity contribution in [1.82, 2.24) is 9.97 Å². The average Bonchev–Trinajstić information content (AvgIpc) is 2.30. The van der Waals surface area contributed by atoms with Crippen molar-refractivity contribution in [3.05, 3.63) is 18.0 Å². The standard InChI is InChI=1S/C11H15N3O/c1-9-4-2-3-5-14(9)11-12-6-10(8-15)7-13-11/h6-9H,2-5H2,1H3. The first-order chi connectivity index (χ1) is 7.31. The van der Waals surface area contributed by atoms with Crippen molar-refractivity contribution in [2.24, 2.45) is 0 Å². The van der Waals surface area contributed by atoms with Crippen LogP contribution in [0.1, 0.15) is 36.5 Å². The van der Waals surface area contributed by atoms with Crippen LogP contribution in [0.4, 0.5) is 5.95 Å². The Morgan fingerprint density at radius 2 is 2.13 bits per heavy atom. The van der Waals surface area contributed by atoms with Gasteiger partial charge in [0.1, 0.15) is 0 Å². The highest BCUT2D eigenvalue weighted by Gasteiger charge is 2.20. The van der Waals surface area contributed by atoms with Crippen molar-refractivity contribution >= 4 is 12.2 Å². The Balaban J connectivity index is 2.16. The van der Waals surface area contributed by atoms with Crippen LogP contribution in [-0.2, 0) is 0 Å². The number of aldehydes is 1. The van der Waals surface area contributed by atoms with Crippen LogP contribution in [0.5, 0.6) is 0 Å². The second kappa shape index (κ2) is 4.38. The van der Waals surface area contributed by atoms with Gasteiger partial charge in [0.15, 0.2) is 6.29 Å². The Labute approximate surface area is 89.3 Å². The van der Waals surface area contributed by atoms with E-state index in [-0.39, 0.29) is 0 Å². The maximum absolute atomic E-state index is 10.5. The van der Waals surface area contributed by atoms with Crippen LogP contribution in [0.3, 0.4) is 0 Å². The summed E-state index contributed by atoms with van der Waals surface area (Å²) in [6.07, 6.45) is 7.60. The van der Waals surface area contributed by atoms with E-state index >= 15 is 0 Å². The second-order valence-electron chi connectivity index (χ2n) is 3.97. The fourth-order valence-electron chi connectivity index (χ4n) is 1.94. The minimum Gasteiger partial charge on any atom is -0.338 e. The summed E-state index contributed by atoms with van der Waals surface area (Å²) in [7, 11) is 0. The molecule has 4 heteroatoms. The lowest BCUT2D eigenvalue weighted by Crippen LogP contribution is -2.38. The van der Waals surface area contributed by atoms with E-state index in [1.165, 1.54) is 19.3 Å². The quantitative estimate of drug-likeness (QED) is 0.689. The van der Waals surface area contributed by atoms with E-state index < -0.39 is 0 Å². The highest BCUT2D eigenvalue weighted by molar-refractivity contribution is 5.73. The number of aromatic nitrogens is 2. The first kappa shape index (κ1) is 10.1. The number of rotatable bonds is 2. The molecular formula is C11H15N3O. The predicted molar refractivity (Wildman–Crippen MR) is 58.1 cm³/mol. The molecule has 2 heterocycles. The molecule has 1 atom stereocenters. The summed E-state index contributed by atoms with van der Waals surface area (Å²) in [5.41, 5.74) is 0.531. The van der Waals surface area contributed by atoms with E-state index in [9.17, 15) is 4.79 Å². The van der Waals surface area contributed by atoms with Crippen molar-refractivity contribution in [2.45, 2.75) is 32.2 Å². The molecule has 1 fully saturated rings. The topological polar surface area (TPSA) is 46.1 Å². The number of carbonyl (C=O) groups excluding carboxylic acids is 1. The van der Waals surface area contributed by atoms with Crippen LogP contribution in [0.15, 0.2) is 12.4 Å². The Morgan fingerprint density at radius 1 is 1.40 bits per heavy atom. The van der Waals surface area contributed by atoms with E-state index in [1.54, 1.807) is 12.4 Å². The van der Waals surface area contributed by atoms with Gasteiger partial charge in [-0.1, -0.05) is 0 Å². The molecule has 0 N–H and O–H groups in total. The van der Waals surface area contributed by atoms with Crippen molar-refractivity contribution < 1.29 is 4.79 Å². The van der Waals surface area contributed by atoms with E-state index in [2.05, 4.69) is 21.8 Å². The van der Waals surface area contributed by atoms with Crippen molar-refractivity contribution in [3.63, 3.8) is 0 Å². The largest absolute Gasteiger partial charge is 0.338 e. The van der Waals surface area contributed by atoms with Crippen LogP contribution in [0, 0.1) is 0 Å². The molecule has 80 valence electrons. The molecule has 0 spiro atoms. The zero-order valence-corrected chi connectivity index (χ0v) is 8.89. The maximum Gasteiger partial charge on any atom is 0.225 e. The maximum atomic E-state index is 10.5. The summed E-state index contributed by atoms with van der Waals surface area (Å²) >= 11 is 0. The molecule has 0 saturated carbocycles. The Hall–Kier alpha value is -1.45. The van der Waals surface area contributed by atoms with E-state index in [0.717, 1.165) is 18.8 Å². The molecule has 1 saturated heterocycles. The highest BCUT2D eigenvalue weighted by atomic mass is 16.1. The molecule has 0 amide bonds. The van der Waals surface area contributed by atoms with Gasteiger partial charge in [-0.25, -0.2) is 9.97 Å². The highest BCUT2D eigenvalue weighted by Crippen LogP contribution is 2.20. The SMILES string of the molecule is CC1CCCCN1c1ncc(C=O)cn1. The van der Waals surface area contributed by atoms with Gasteiger partial charge in [0.05, 0.1) is 5.56 Å². The van der Waals surface area contributed by atoms with E-state index in [0.29, 0.717) is 11.6 Å². The van der Waals surface area contributed by atoms with Gasteiger partial charge in [-0.2, -0.15) is 0 Å². The minimum absolute atomic E-state index is 0.501. The van der Waals surface area contributed by atoms with Gasteiger partial charge in [0.25, 0.3) is 0 Å². The lowest BCUT2D eigenvalue weighted by molar-refractivity contribution is 0.112. The van der Waals surface area contributed by atoms with Crippen LogP contribution >= 0.6 is 0 Å². The van der Waals surface area contributed by atoms with Gasteiger partial charge in [0, 0.05) is 25.0 Å². The fourth-order valence-corrected chi connectivity index (χ4v) is 1.94. The zero-order chi connectivity index (χ0) is 10.7. The molecule has 1 aliphatic rings. The molecule has 1 unspecified atom stereocenters. The molecule has 0 bridgehead atoms. The van der Waals surface area contributed by atoms with Gasteiger partial charge in [-0.3, -0.25) is 4.79 Å². The summed E-state index contributed by atoms with van der Waals surface area (Å²) in [5.74, 6) is 0.743. The summed E-state index contributed by atoms with van der Waals surface area (Å²) in [5, 5.41) is 0. The van der Waals surface area contributed by atoms with Crippen molar-refractivity contribution in [2.75, 3.05) is 11.4 Å². The Kier molecular flexibility index (Phi) is 2.94. The smallest absolute Gasteiger partial charge is 0.225 e. The summed E-state index contributed by atoms with van der Waals surface area (Å²) in [6, 6.07) is 0.501. The molecule has 0 aliphatic carbocycles. The van der Waals surface area contributed by atoms with Gasteiger partial charge in [0.2, 0.25) is 5.95 Å². The molecule has 1 aromatic rings. The third-order valence-corrected chi connectivity index (χ3v) is 2.85. The van der Waals surface area contributed by atoms with Gasteiger partial charge < -0.3 is 4.90 Å². The Morgan fingerprint density at radius 3 is 2.73 bits per heavy atom. The summed E-state index contributed by atoms with van der Waals surface area (Å²) in [6.45, 7) is 3.21. The molecule has 1 aromatic heterocycles. The Bertz CT molecular complexity index is 336. The van der Waals surface area contributed by atoms with E-state index in [4.69, 9.17) is 0 Å². The van der Waals surface area contributed by atoms with Crippen LogP contribution in [-0.4, -0.2) is 28.8 Å². The molecule has 15 heavy (non-hydrogen) atoms. The van der Waals surface area contributed by atoms with E-state index in [1.807, 2.05) is 0 Å². The number of anilines is 1. The molecule has 0 radical (unpaired) electrons. The molecule has 2 rings (SSSR count). The number of carbonyl (C=O) groups is 1. The summed E-state index contributed by atoms with van der Waals surface area (Å²) < 4.78 is 0. The number of hydrogen-bond acceptors (Lipinski definition) is 4. The lowest BCUT2D eigenvalue weighted by atomic mass is 10.0. The van der Waals surface area contributed by atoms with Gasteiger partial charge in [-0.15, -0.1) is 0 Å². The normalized spacial score (nSPS) is 21.4. The lowest BCUT2D eigenvalue weighted by Gasteiger charge is -2.33. The average molecular weight is 205 g/mol. The molecule has 0 aromatic carbocycles. The third kappa shape index (κ3) is 2.14. The monoisotopic (exact) mass is 205 g/mol. The first-order valence-corrected chi connectivity index (χ1v) is 5.35. The zero-order valence-electron chi connectivity index (χ0n) is 8.89. The summed E-state index contributed by atoms with van der Waals surface area (Å²) in [4.78, 5) is 21.1. The second-order valence-corrected chi connectivity index (χ2v) is 3.97.